The fraction of sp³-hybridized carbons (Fsp3) is 0.368. The lowest BCUT2D eigenvalue weighted by Gasteiger charge is -2.34. The topological polar surface area (TPSA) is 83.1 Å². The Labute approximate surface area is 167 Å². The van der Waals surface area contributed by atoms with Crippen LogP contribution in [0.15, 0.2) is 35.7 Å². The summed E-state index contributed by atoms with van der Waals surface area (Å²) >= 11 is 1.48. The molecule has 2 aliphatic rings. The van der Waals surface area contributed by atoms with Crippen molar-refractivity contribution < 1.29 is 19.1 Å². The molecule has 2 N–H and O–H groups in total. The third-order valence-electron chi connectivity index (χ3n) is 4.74. The molecule has 0 aliphatic carbocycles. The SMILES string of the molecule is O=C(NCCN1CCN(C(=O)c2cccs2)CC1)Nc1ccc2c(c1)OCO2. The number of rotatable bonds is 5. The molecule has 8 nitrogen and oxygen atoms in total. The Morgan fingerprint density at radius 2 is 1.89 bits per heavy atom. The van der Waals surface area contributed by atoms with E-state index in [1.54, 1.807) is 18.2 Å². The first-order valence-corrected chi connectivity index (χ1v) is 10.1. The molecule has 1 fully saturated rings. The largest absolute Gasteiger partial charge is 0.454 e. The molecule has 4 rings (SSSR count). The summed E-state index contributed by atoms with van der Waals surface area (Å²) in [6, 6.07) is 8.79. The summed E-state index contributed by atoms with van der Waals surface area (Å²) in [5, 5.41) is 7.57. The molecule has 9 heteroatoms. The molecule has 0 bridgehead atoms. The zero-order valence-electron chi connectivity index (χ0n) is 15.3. The fourth-order valence-electron chi connectivity index (χ4n) is 3.21. The number of hydrogen-bond acceptors (Lipinski definition) is 6. The Balaban J connectivity index is 1.16. The van der Waals surface area contributed by atoms with Crippen LogP contribution >= 0.6 is 11.3 Å². The van der Waals surface area contributed by atoms with Gasteiger partial charge in [-0.1, -0.05) is 6.07 Å². The molecule has 0 unspecified atom stereocenters. The van der Waals surface area contributed by atoms with Crippen LogP contribution < -0.4 is 20.1 Å². The van der Waals surface area contributed by atoms with Crippen molar-refractivity contribution in [1.29, 1.82) is 0 Å². The molecule has 3 heterocycles. The fourth-order valence-corrected chi connectivity index (χ4v) is 3.90. The van der Waals surface area contributed by atoms with Crippen molar-refractivity contribution in [1.82, 2.24) is 15.1 Å². The van der Waals surface area contributed by atoms with Gasteiger partial charge >= 0.3 is 6.03 Å². The lowest BCUT2D eigenvalue weighted by Crippen LogP contribution is -2.50. The standard InChI is InChI=1S/C19H22N4O4S/c24-18(17-2-1-11-28-17)23-9-7-22(8-10-23)6-5-20-19(25)21-14-3-4-15-16(12-14)27-13-26-15/h1-4,11-12H,5-10,13H2,(H2,20,21,25). The minimum Gasteiger partial charge on any atom is -0.454 e. The summed E-state index contributed by atoms with van der Waals surface area (Å²) in [5.41, 5.74) is 0.655. The maximum Gasteiger partial charge on any atom is 0.319 e. The van der Waals surface area contributed by atoms with Gasteiger partial charge in [0.15, 0.2) is 11.5 Å². The van der Waals surface area contributed by atoms with Crippen LogP contribution in [-0.2, 0) is 0 Å². The van der Waals surface area contributed by atoms with Crippen LogP contribution in [0.5, 0.6) is 11.5 Å². The van der Waals surface area contributed by atoms with Crippen molar-refractivity contribution in [2.24, 2.45) is 0 Å². The summed E-state index contributed by atoms with van der Waals surface area (Å²) in [6.45, 7) is 4.52. The molecule has 1 aromatic carbocycles. The number of fused-ring (bicyclic) bond motifs is 1. The van der Waals surface area contributed by atoms with E-state index >= 15 is 0 Å². The lowest BCUT2D eigenvalue weighted by molar-refractivity contribution is 0.0644. The Hall–Kier alpha value is -2.78. The minimum atomic E-state index is -0.259. The van der Waals surface area contributed by atoms with Crippen molar-refractivity contribution in [3.8, 4) is 11.5 Å². The van der Waals surface area contributed by atoms with Crippen molar-refractivity contribution in [3.05, 3.63) is 40.6 Å². The molecule has 2 aromatic rings. The second-order valence-electron chi connectivity index (χ2n) is 6.56. The van der Waals surface area contributed by atoms with Crippen LogP contribution in [0, 0.1) is 0 Å². The van der Waals surface area contributed by atoms with Gasteiger partial charge in [-0.2, -0.15) is 0 Å². The highest BCUT2D eigenvalue weighted by atomic mass is 32.1. The van der Waals surface area contributed by atoms with Crippen LogP contribution in [0.3, 0.4) is 0 Å². The van der Waals surface area contributed by atoms with E-state index in [0.717, 1.165) is 24.5 Å². The number of carbonyl (C=O) groups is 2. The molecule has 0 atom stereocenters. The maximum atomic E-state index is 12.4. The number of amides is 3. The Morgan fingerprint density at radius 1 is 1.07 bits per heavy atom. The zero-order valence-corrected chi connectivity index (χ0v) is 16.2. The average molecular weight is 402 g/mol. The van der Waals surface area contributed by atoms with Crippen molar-refractivity contribution >= 4 is 29.0 Å². The van der Waals surface area contributed by atoms with Crippen LogP contribution in [-0.4, -0.2) is 67.8 Å². The Kier molecular flexibility index (Phi) is 5.63. The number of urea groups is 1. The number of ether oxygens (including phenoxy) is 2. The molecule has 0 saturated carbocycles. The number of carbonyl (C=O) groups excluding carboxylic acids is 2. The third-order valence-corrected chi connectivity index (χ3v) is 5.59. The van der Waals surface area contributed by atoms with Crippen LogP contribution in [0.2, 0.25) is 0 Å². The van der Waals surface area contributed by atoms with Gasteiger partial charge in [-0.15, -0.1) is 11.3 Å². The van der Waals surface area contributed by atoms with Gasteiger partial charge in [0.05, 0.1) is 4.88 Å². The first-order chi connectivity index (χ1) is 13.7. The van der Waals surface area contributed by atoms with Gasteiger partial charge in [0.25, 0.3) is 5.91 Å². The second-order valence-corrected chi connectivity index (χ2v) is 7.51. The van der Waals surface area contributed by atoms with E-state index in [1.807, 2.05) is 22.4 Å². The van der Waals surface area contributed by atoms with E-state index in [1.165, 1.54) is 11.3 Å². The van der Waals surface area contributed by atoms with Crippen molar-refractivity contribution in [2.45, 2.75) is 0 Å². The smallest absolute Gasteiger partial charge is 0.319 e. The van der Waals surface area contributed by atoms with Crippen LogP contribution in [0.4, 0.5) is 10.5 Å². The summed E-state index contributed by atoms with van der Waals surface area (Å²) < 4.78 is 10.6. The molecule has 1 aromatic heterocycles. The third kappa shape index (κ3) is 4.37. The van der Waals surface area contributed by atoms with E-state index in [2.05, 4.69) is 15.5 Å². The zero-order chi connectivity index (χ0) is 19.3. The highest BCUT2D eigenvalue weighted by Gasteiger charge is 2.22. The summed E-state index contributed by atoms with van der Waals surface area (Å²) in [6.07, 6.45) is 0. The Morgan fingerprint density at radius 3 is 2.68 bits per heavy atom. The van der Waals surface area contributed by atoms with E-state index in [9.17, 15) is 9.59 Å². The van der Waals surface area contributed by atoms with E-state index < -0.39 is 0 Å². The van der Waals surface area contributed by atoms with Gasteiger partial charge < -0.3 is 25.0 Å². The quantitative estimate of drug-likeness (QED) is 0.800. The summed E-state index contributed by atoms with van der Waals surface area (Å²) in [5.74, 6) is 1.42. The molecule has 1 saturated heterocycles. The minimum absolute atomic E-state index is 0.107. The number of benzene rings is 1. The van der Waals surface area contributed by atoms with Gasteiger partial charge in [0, 0.05) is 51.0 Å². The predicted octanol–water partition coefficient (Wildman–Crippen LogP) is 2.06. The normalized spacial score (nSPS) is 16.1. The number of piperazine rings is 1. The van der Waals surface area contributed by atoms with Crippen molar-refractivity contribution in [2.75, 3.05) is 51.4 Å². The maximum absolute atomic E-state index is 12.4. The predicted molar refractivity (Wildman–Crippen MR) is 106 cm³/mol. The first kappa shape index (κ1) is 18.6. The summed E-state index contributed by atoms with van der Waals surface area (Å²) in [7, 11) is 0. The highest BCUT2D eigenvalue weighted by Crippen LogP contribution is 2.34. The molecule has 148 valence electrons. The first-order valence-electron chi connectivity index (χ1n) is 9.19. The number of thiophene rings is 1. The molecular formula is C19H22N4O4S. The second kappa shape index (κ2) is 8.49. The highest BCUT2D eigenvalue weighted by molar-refractivity contribution is 7.12. The van der Waals surface area contributed by atoms with E-state index in [4.69, 9.17) is 9.47 Å². The van der Waals surface area contributed by atoms with Crippen LogP contribution in [0.25, 0.3) is 0 Å². The average Bonchev–Trinajstić information content (AvgIpc) is 3.39. The molecular weight excluding hydrogens is 380 g/mol. The van der Waals surface area contributed by atoms with Gasteiger partial charge in [0.2, 0.25) is 6.79 Å². The molecule has 2 aliphatic heterocycles. The molecule has 3 amide bonds. The van der Waals surface area contributed by atoms with E-state index in [-0.39, 0.29) is 18.7 Å². The number of nitrogens with zero attached hydrogens (tertiary/aromatic N) is 2. The molecule has 0 radical (unpaired) electrons. The van der Waals surface area contributed by atoms with E-state index in [0.29, 0.717) is 36.8 Å². The summed E-state index contributed by atoms with van der Waals surface area (Å²) in [4.78, 5) is 29.3. The Bertz CT molecular complexity index is 834. The monoisotopic (exact) mass is 402 g/mol. The number of anilines is 1. The van der Waals surface area contributed by atoms with Gasteiger partial charge in [-0.05, 0) is 23.6 Å². The number of hydrogen-bond donors (Lipinski definition) is 2. The molecule has 28 heavy (non-hydrogen) atoms. The van der Waals surface area contributed by atoms with Crippen LogP contribution in [0.1, 0.15) is 9.67 Å². The molecule has 0 spiro atoms. The van der Waals surface area contributed by atoms with Crippen molar-refractivity contribution in [3.63, 3.8) is 0 Å². The lowest BCUT2D eigenvalue weighted by atomic mass is 10.3. The van der Waals surface area contributed by atoms with Gasteiger partial charge in [-0.3, -0.25) is 9.69 Å². The number of nitrogens with one attached hydrogen (secondary N) is 2. The van der Waals surface area contributed by atoms with Gasteiger partial charge in [-0.25, -0.2) is 4.79 Å². The van der Waals surface area contributed by atoms with Gasteiger partial charge in [0.1, 0.15) is 0 Å².